The number of hydrogen-bond donors (Lipinski definition) is 0. The van der Waals surface area contributed by atoms with Crippen LogP contribution in [0.1, 0.15) is 50.5 Å². The van der Waals surface area contributed by atoms with E-state index >= 15 is 0 Å². The number of ether oxygens (including phenoxy) is 3. The molecule has 1 heterocycles. The summed E-state index contributed by atoms with van der Waals surface area (Å²) < 4.78 is 16.9. The van der Waals surface area contributed by atoms with Crippen molar-refractivity contribution in [2.45, 2.75) is 51.3 Å². The molecule has 1 aliphatic rings. The van der Waals surface area contributed by atoms with Crippen molar-refractivity contribution < 1.29 is 19.0 Å². The van der Waals surface area contributed by atoms with E-state index in [4.69, 9.17) is 14.2 Å². The molecule has 0 atom stereocenters. The molecular weight excluding hydrogens is 324 g/mol. The highest BCUT2D eigenvalue weighted by atomic mass is 79.9. The van der Waals surface area contributed by atoms with Gasteiger partial charge in [0.1, 0.15) is 11.2 Å². The third-order valence-corrected chi connectivity index (χ3v) is 3.26. The molecule has 0 amide bonds. The molecule has 1 aromatic rings. The van der Waals surface area contributed by atoms with Gasteiger partial charge in [-0.05, 0) is 32.4 Å². The Labute approximate surface area is 127 Å². The average molecular weight is 343 g/mol. The second-order valence-corrected chi connectivity index (χ2v) is 6.73. The summed E-state index contributed by atoms with van der Waals surface area (Å²) in [5.74, 6) is -0.142. The number of hydrogen-bond acceptors (Lipinski definition) is 4. The summed E-state index contributed by atoms with van der Waals surface area (Å²) in [4.78, 5) is 12.4. The zero-order chi connectivity index (χ0) is 15.1. The van der Waals surface area contributed by atoms with Gasteiger partial charge in [-0.25, -0.2) is 4.79 Å². The van der Waals surface area contributed by atoms with Gasteiger partial charge in [0, 0.05) is 19.2 Å². The predicted octanol–water partition coefficient (Wildman–Crippen LogP) is 4.04. The number of esters is 1. The van der Waals surface area contributed by atoms with Crippen molar-refractivity contribution in [3.63, 3.8) is 0 Å². The number of halogens is 1. The van der Waals surface area contributed by atoms with E-state index in [0.717, 1.165) is 5.56 Å². The van der Waals surface area contributed by atoms with E-state index in [0.29, 0.717) is 22.4 Å². The lowest BCUT2D eigenvalue weighted by molar-refractivity contribution is -0.0437. The molecule has 0 bridgehead atoms. The minimum atomic E-state index is -0.774. The minimum absolute atomic E-state index is 0.398. The van der Waals surface area contributed by atoms with Crippen LogP contribution < -0.4 is 9.47 Å². The van der Waals surface area contributed by atoms with Crippen molar-refractivity contribution in [3.8, 4) is 11.5 Å². The van der Waals surface area contributed by atoms with Crippen LogP contribution in [0.3, 0.4) is 0 Å². The topological polar surface area (TPSA) is 44.8 Å². The molecule has 2 rings (SSSR count). The first-order valence-corrected chi connectivity index (χ1v) is 7.58. The number of rotatable bonds is 2. The van der Waals surface area contributed by atoms with Crippen LogP contribution in [-0.4, -0.2) is 17.4 Å². The fraction of sp³-hybridized carbons (Fsp3) is 0.533. The maximum Gasteiger partial charge on any atom is 0.342 e. The maximum absolute atomic E-state index is 12.4. The molecule has 0 aromatic heterocycles. The van der Waals surface area contributed by atoms with Gasteiger partial charge < -0.3 is 14.2 Å². The highest BCUT2D eigenvalue weighted by Gasteiger charge is 2.37. The minimum Gasteiger partial charge on any atom is -0.456 e. The Morgan fingerprint density at radius 2 is 1.95 bits per heavy atom. The van der Waals surface area contributed by atoms with Crippen molar-refractivity contribution in [2.24, 2.45) is 0 Å². The highest BCUT2D eigenvalue weighted by Crippen LogP contribution is 2.44. The third-order valence-electron chi connectivity index (χ3n) is 2.66. The van der Waals surface area contributed by atoms with Gasteiger partial charge in [0.05, 0.1) is 0 Å². The van der Waals surface area contributed by atoms with Crippen LogP contribution in [0, 0.1) is 0 Å². The molecule has 110 valence electrons. The second kappa shape index (κ2) is 4.95. The van der Waals surface area contributed by atoms with Gasteiger partial charge >= 0.3 is 5.97 Å². The first-order chi connectivity index (χ1) is 9.13. The normalized spacial score (nSPS) is 16.1. The number of benzene rings is 1. The monoisotopic (exact) mass is 342 g/mol. The lowest BCUT2D eigenvalue weighted by Crippen LogP contribution is -2.30. The predicted molar refractivity (Wildman–Crippen MR) is 79.6 cm³/mol. The average Bonchev–Trinajstić information content (AvgIpc) is 2.58. The summed E-state index contributed by atoms with van der Waals surface area (Å²) in [5, 5.41) is 0.540. The van der Waals surface area contributed by atoms with E-state index in [-0.39, 0.29) is 0 Å². The first kappa shape index (κ1) is 15.2. The van der Waals surface area contributed by atoms with Crippen LogP contribution >= 0.6 is 15.9 Å². The van der Waals surface area contributed by atoms with Crippen molar-refractivity contribution in [1.82, 2.24) is 0 Å². The molecular formula is C15H19BrO4. The Hall–Kier alpha value is -1.23. The van der Waals surface area contributed by atoms with E-state index in [2.05, 4.69) is 15.9 Å². The fourth-order valence-corrected chi connectivity index (χ4v) is 2.45. The molecule has 0 saturated heterocycles. The van der Waals surface area contributed by atoms with Gasteiger partial charge in [0.15, 0.2) is 11.5 Å². The van der Waals surface area contributed by atoms with Gasteiger partial charge in [0.2, 0.25) is 5.79 Å². The van der Waals surface area contributed by atoms with Crippen molar-refractivity contribution in [2.75, 3.05) is 0 Å². The quantitative estimate of drug-likeness (QED) is 0.600. The number of carbonyl (C=O) groups is 1. The Morgan fingerprint density at radius 1 is 1.30 bits per heavy atom. The Bertz CT molecular complexity index is 544. The molecule has 0 N–H and O–H groups in total. The van der Waals surface area contributed by atoms with Crippen LogP contribution in [0.4, 0.5) is 0 Å². The molecule has 0 spiro atoms. The largest absolute Gasteiger partial charge is 0.456 e. The smallest absolute Gasteiger partial charge is 0.342 e. The molecule has 0 saturated carbocycles. The molecule has 0 unspecified atom stereocenters. The second-order valence-electron chi connectivity index (χ2n) is 6.17. The van der Waals surface area contributed by atoms with Crippen LogP contribution in [0.5, 0.6) is 11.5 Å². The fourth-order valence-electron chi connectivity index (χ4n) is 1.98. The Morgan fingerprint density at radius 3 is 2.50 bits per heavy atom. The van der Waals surface area contributed by atoms with Gasteiger partial charge in [-0.15, -0.1) is 0 Å². The SMILES string of the molecule is CC(C)(C)OC(=O)c1c(CBr)ccc2c1OC(C)(C)O2. The van der Waals surface area contributed by atoms with Crippen LogP contribution in [0.25, 0.3) is 0 Å². The highest BCUT2D eigenvalue weighted by molar-refractivity contribution is 9.08. The summed E-state index contributed by atoms with van der Waals surface area (Å²) in [6, 6.07) is 3.66. The molecule has 4 nitrogen and oxygen atoms in total. The van der Waals surface area contributed by atoms with Crippen molar-refractivity contribution >= 4 is 21.9 Å². The third kappa shape index (κ3) is 3.08. The molecule has 5 heteroatoms. The van der Waals surface area contributed by atoms with Crippen LogP contribution in [0.15, 0.2) is 12.1 Å². The summed E-state index contributed by atoms with van der Waals surface area (Å²) in [6.45, 7) is 9.12. The summed E-state index contributed by atoms with van der Waals surface area (Å²) in [7, 11) is 0. The molecule has 0 fully saturated rings. The van der Waals surface area contributed by atoms with Gasteiger partial charge in [-0.3, -0.25) is 0 Å². The summed E-state index contributed by atoms with van der Waals surface area (Å²) >= 11 is 3.39. The van der Waals surface area contributed by atoms with E-state index in [1.54, 1.807) is 13.8 Å². The van der Waals surface area contributed by atoms with Gasteiger partial charge in [-0.2, -0.15) is 0 Å². The van der Waals surface area contributed by atoms with Crippen LogP contribution in [0.2, 0.25) is 0 Å². The summed E-state index contributed by atoms with van der Waals surface area (Å²) in [6.07, 6.45) is 0. The van der Waals surface area contributed by atoms with E-state index in [1.165, 1.54) is 0 Å². The number of alkyl halides is 1. The van der Waals surface area contributed by atoms with Crippen LogP contribution in [-0.2, 0) is 10.1 Å². The van der Waals surface area contributed by atoms with Crippen molar-refractivity contribution in [3.05, 3.63) is 23.3 Å². The molecule has 0 aliphatic carbocycles. The van der Waals surface area contributed by atoms with E-state index < -0.39 is 17.4 Å². The van der Waals surface area contributed by atoms with Gasteiger partial charge in [-0.1, -0.05) is 22.0 Å². The lowest BCUT2D eigenvalue weighted by Gasteiger charge is -2.21. The van der Waals surface area contributed by atoms with E-state index in [9.17, 15) is 4.79 Å². The first-order valence-electron chi connectivity index (χ1n) is 6.46. The zero-order valence-electron chi connectivity index (χ0n) is 12.4. The Balaban J connectivity index is 2.47. The van der Waals surface area contributed by atoms with E-state index in [1.807, 2.05) is 32.9 Å². The van der Waals surface area contributed by atoms with Gasteiger partial charge in [0.25, 0.3) is 0 Å². The number of carbonyl (C=O) groups excluding carboxylic acids is 1. The van der Waals surface area contributed by atoms with Crippen molar-refractivity contribution in [1.29, 1.82) is 0 Å². The number of fused-ring (bicyclic) bond motifs is 1. The lowest BCUT2D eigenvalue weighted by atomic mass is 10.1. The molecule has 1 aromatic carbocycles. The summed E-state index contributed by atoms with van der Waals surface area (Å²) in [5.41, 5.74) is 0.692. The maximum atomic E-state index is 12.4. The molecule has 1 aliphatic heterocycles. The molecule has 0 radical (unpaired) electrons. The standard InChI is InChI=1S/C15H19BrO4/c1-14(2,3)20-13(17)11-9(8-16)6-7-10-12(11)19-15(4,5)18-10/h6-7H,8H2,1-5H3. The zero-order valence-corrected chi connectivity index (χ0v) is 14.0. The molecule has 20 heavy (non-hydrogen) atoms. The Kier molecular flexibility index (Phi) is 3.75.